The Morgan fingerprint density at radius 3 is 2.39 bits per heavy atom. The van der Waals surface area contributed by atoms with E-state index in [0.717, 1.165) is 13.0 Å². The van der Waals surface area contributed by atoms with E-state index in [0.29, 0.717) is 28.7 Å². The van der Waals surface area contributed by atoms with Crippen molar-refractivity contribution in [2.45, 2.75) is 58.0 Å². The normalized spacial score (nSPS) is 16.5. The van der Waals surface area contributed by atoms with Crippen molar-refractivity contribution in [2.24, 2.45) is 0 Å². The minimum atomic E-state index is -1.03. The second-order valence-corrected chi connectivity index (χ2v) is 8.74. The first-order valence-electron chi connectivity index (χ1n) is 11.5. The monoisotopic (exact) mass is 453 g/mol. The Bertz CT molecular complexity index is 1000. The number of hydrogen-bond acceptors (Lipinski definition) is 4. The van der Waals surface area contributed by atoms with Gasteiger partial charge in [-0.3, -0.25) is 14.4 Å². The van der Waals surface area contributed by atoms with Crippen LogP contribution in [0.2, 0.25) is 0 Å². The molecule has 0 aromatic heterocycles. The predicted molar refractivity (Wildman–Crippen MR) is 126 cm³/mol. The van der Waals surface area contributed by atoms with Crippen LogP contribution in [-0.4, -0.2) is 36.7 Å². The van der Waals surface area contributed by atoms with Gasteiger partial charge < -0.3 is 16.0 Å². The van der Waals surface area contributed by atoms with Gasteiger partial charge in [0.05, 0.1) is 6.04 Å². The van der Waals surface area contributed by atoms with Crippen LogP contribution in [0, 0.1) is 5.82 Å². The topological polar surface area (TPSA) is 87.3 Å². The summed E-state index contributed by atoms with van der Waals surface area (Å²) in [6.07, 6.45) is 1.58. The van der Waals surface area contributed by atoms with Crippen molar-refractivity contribution < 1.29 is 18.8 Å². The van der Waals surface area contributed by atoms with Crippen molar-refractivity contribution >= 4 is 17.6 Å². The molecule has 7 heteroatoms. The molecular weight excluding hydrogens is 421 g/mol. The minimum absolute atomic E-state index is 0.0183. The minimum Gasteiger partial charge on any atom is -0.356 e. The highest BCUT2D eigenvalue weighted by atomic mass is 19.1. The van der Waals surface area contributed by atoms with E-state index in [1.165, 1.54) is 6.92 Å². The fourth-order valence-corrected chi connectivity index (χ4v) is 4.18. The van der Waals surface area contributed by atoms with E-state index < -0.39 is 6.04 Å². The first-order valence-corrected chi connectivity index (χ1v) is 11.5. The molecule has 2 atom stereocenters. The Hall–Kier alpha value is -3.06. The second kappa shape index (κ2) is 11.2. The molecule has 0 bridgehead atoms. The lowest BCUT2D eigenvalue weighted by molar-refractivity contribution is -0.129. The number of carbonyl (C=O) groups is 3. The fourth-order valence-electron chi connectivity index (χ4n) is 4.18. The number of ketones is 1. The number of nitrogens with one attached hydrogen (secondary N) is 3. The molecule has 3 N–H and O–H groups in total. The summed E-state index contributed by atoms with van der Waals surface area (Å²) in [7, 11) is 0. The van der Waals surface area contributed by atoms with Gasteiger partial charge in [-0.1, -0.05) is 56.3 Å². The molecule has 2 aromatic carbocycles. The standard InChI is InChI=1S/C26H32FN3O3/c1-16(2)19-11-12-20(23(24(19)27)18-8-5-4-6-9-18)25(22(32)13-15-28-17(3)31)30-26(33)21-10-7-14-29-21/h4-6,8-9,11-12,16,21,25,29H,7,10,13-15H2,1-3H3,(H,28,31)(H,30,33). The van der Waals surface area contributed by atoms with Gasteiger partial charge in [0.15, 0.2) is 5.78 Å². The van der Waals surface area contributed by atoms with Crippen LogP contribution in [0.4, 0.5) is 4.39 Å². The van der Waals surface area contributed by atoms with Crippen molar-refractivity contribution in [1.29, 1.82) is 0 Å². The van der Waals surface area contributed by atoms with Gasteiger partial charge in [0.2, 0.25) is 11.8 Å². The summed E-state index contributed by atoms with van der Waals surface area (Å²) in [5.74, 6) is -1.24. The van der Waals surface area contributed by atoms with E-state index in [1.54, 1.807) is 24.3 Å². The van der Waals surface area contributed by atoms with Gasteiger partial charge in [0, 0.05) is 25.5 Å². The number of hydrogen-bond donors (Lipinski definition) is 3. The SMILES string of the molecule is CC(=O)NCCC(=O)C(NC(=O)C1CCCN1)c1ccc(C(C)C)c(F)c1-c1ccccc1. The van der Waals surface area contributed by atoms with Crippen LogP contribution in [0.15, 0.2) is 42.5 Å². The molecular formula is C26H32FN3O3. The zero-order valence-corrected chi connectivity index (χ0v) is 19.4. The molecule has 176 valence electrons. The van der Waals surface area contributed by atoms with Crippen LogP contribution in [0.3, 0.4) is 0 Å². The summed E-state index contributed by atoms with van der Waals surface area (Å²) in [5, 5.41) is 8.62. The zero-order chi connectivity index (χ0) is 24.0. The van der Waals surface area contributed by atoms with Crippen molar-refractivity contribution in [2.75, 3.05) is 13.1 Å². The summed E-state index contributed by atoms with van der Waals surface area (Å²) in [6.45, 7) is 6.09. The van der Waals surface area contributed by atoms with E-state index >= 15 is 4.39 Å². The maximum Gasteiger partial charge on any atom is 0.237 e. The smallest absolute Gasteiger partial charge is 0.237 e. The van der Waals surface area contributed by atoms with Crippen molar-refractivity contribution in [3.05, 3.63) is 59.4 Å². The number of amides is 2. The Labute approximate surface area is 194 Å². The van der Waals surface area contributed by atoms with E-state index in [1.807, 2.05) is 32.0 Å². The van der Waals surface area contributed by atoms with Gasteiger partial charge in [-0.2, -0.15) is 0 Å². The van der Waals surface area contributed by atoms with Crippen LogP contribution in [0.25, 0.3) is 11.1 Å². The van der Waals surface area contributed by atoms with Crippen molar-refractivity contribution in [1.82, 2.24) is 16.0 Å². The molecule has 1 fully saturated rings. The Kier molecular flexibility index (Phi) is 8.33. The third-order valence-corrected chi connectivity index (χ3v) is 5.93. The van der Waals surface area contributed by atoms with Gasteiger partial charge >= 0.3 is 0 Å². The zero-order valence-electron chi connectivity index (χ0n) is 19.4. The van der Waals surface area contributed by atoms with E-state index in [9.17, 15) is 14.4 Å². The van der Waals surface area contributed by atoms with Gasteiger partial charge in [-0.05, 0) is 42.0 Å². The average molecular weight is 454 g/mol. The molecule has 0 aliphatic carbocycles. The first kappa shape index (κ1) is 24.6. The fraction of sp³-hybridized carbons (Fsp3) is 0.423. The third-order valence-electron chi connectivity index (χ3n) is 5.93. The largest absolute Gasteiger partial charge is 0.356 e. The summed E-state index contributed by atoms with van der Waals surface area (Å²) in [5.41, 5.74) is 1.92. The molecule has 3 rings (SSSR count). The Morgan fingerprint density at radius 1 is 1.09 bits per heavy atom. The summed E-state index contributed by atoms with van der Waals surface area (Å²) in [6, 6.07) is 11.1. The summed E-state index contributed by atoms with van der Waals surface area (Å²) in [4.78, 5) is 37.5. The molecule has 1 aliphatic heterocycles. The van der Waals surface area contributed by atoms with E-state index in [-0.39, 0.29) is 48.3 Å². The van der Waals surface area contributed by atoms with Crippen molar-refractivity contribution in [3.63, 3.8) is 0 Å². The highest BCUT2D eigenvalue weighted by Gasteiger charge is 2.31. The van der Waals surface area contributed by atoms with E-state index in [2.05, 4.69) is 16.0 Å². The lowest BCUT2D eigenvalue weighted by Gasteiger charge is -2.25. The maximum absolute atomic E-state index is 15.8. The summed E-state index contributed by atoms with van der Waals surface area (Å²) >= 11 is 0. The number of halogens is 1. The molecule has 6 nitrogen and oxygen atoms in total. The predicted octanol–water partition coefficient (Wildman–Crippen LogP) is 3.62. The van der Waals surface area contributed by atoms with Gasteiger partial charge in [-0.15, -0.1) is 0 Å². The number of carbonyl (C=O) groups excluding carboxylic acids is 3. The first-order chi connectivity index (χ1) is 15.8. The molecule has 33 heavy (non-hydrogen) atoms. The van der Waals surface area contributed by atoms with Crippen LogP contribution in [0.1, 0.15) is 63.1 Å². The van der Waals surface area contributed by atoms with Crippen molar-refractivity contribution in [3.8, 4) is 11.1 Å². The number of rotatable bonds is 9. The van der Waals surface area contributed by atoms with Gasteiger partial charge in [0.1, 0.15) is 11.9 Å². The van der Waals surface area contributed by atoms with Crippen LogP contribution >= 0.6 is 0 Å². The molecule has 2 aromatic rings. The molecule has 0 saturated carbocycles. The lowest BCUT2D eigenvalue weighted by Crippen LogP contribution is -2.44. The molecule has 1 heterocycles. The molecule has 0 radical (unpaired) electrons. The molecule has 2 amide bonds. The average Bonchev–Trinajstić information content (AvgIpc) is 3.32. The van der Waals surface area contributed by atoms with E-state index in [4.69, 9.17) is 0 Å². The summed E-state index contributed by atoms with van der Waals surface area (Å²) < 4.78 is 15.8. The Morgan fingerprint density at radius 2 is 1.79 bits per heavy atom. The quantitative estimate of drug-likeness (QED) is 0.541. The lowest BCUT2D eigenvalue weighted by atomic mass is 9.87. The number of Topliss-reactive ketones (excluding diaryl/α,β-unsaturated/α-hetero) is 1. The number of benzene rings is 2. The Balaban J connectivity index is 2.05. The molecule has 1 saturated heterocycles. The molecule has 1 aliphatic rings. The van der Waals surface area contributed by atoms with Crippen LogP contribution in [0.5, 0.6) is 0 Å². The van der Waals surface area contributed by atoms with Gasteiger partial charge in [0.25, 0.3) is 0 Å². The van der Waals surface area contributed by atoms with Crippen LogP contribution < -0.4 is 16.0 Å². The molecule has 0 spiro atoms. The molecule has 2 unspecified atom stereocenters. The second-order valence-electron chi connectivity index (χ2n) is 8.74. The van der Waals surface area contributed by atoms with Crippen LogP contribution in [-0.2, 0) is 14.4 Å². The highest BCUT2D eigenvalue weighted by molar-refractivity contribution is 5.94. The highest BCUT2D eigenvalue weighted by Crippen LogP contribution is 2.36. The third kappa shape index (κ3) is 6.05. The van der Waals surface area contributed by atoms with Gasteiger partial charge in [-0.25, -0.2) is 4.39 Å². The maximum atomic E-state index is 15.8.